The van der Waals surface area contributed by atoms with Crippen molar-refractivity contribution in [2.45, 2.75) is 43.7 Å². The van der Waals surface area contributed by atoms with E-state index in [-0.39, 0.29) is 23.4 Å². The van der Waals surface area contributed by atoms with Crippen molar-refractivity contribution in [3.63, 3.8) is 0 Å². The molecule has 1 N–H and O–H groups in total. The molecule has 1 aliphatic rings. The van der Waals surface area contributed by atoms with Crippen molar-refractivity contribution in [1.29, 1.82) is 0 Å². The van der Waals surface area contributed by atoms with E-state index in [1.807, 2.05) is 32.9 Å². The minimum Gasteiger partial charge on any atom is -0.497 e. The van der Waals surface area contributed by atoms with E-state index in [9.17, 15) is 13.2 Å². The summed E-state index contributed by atoms with van der Waals surface area (Å²) in [6.07, 6.45) is 0.562. The van der Waals surface area contributed by atoms with Crippen molar-refractivity contribution in [1.82, 2.24) is 9.62 Å². The van der Waals surface area contributed by atoms with Gasteiger partial charge in [-0.25, -0.2) is 8.42 Å². The number of methoxy groups -OCH3 is 1. The summed E-state index contributed by atoms with van der Waals surface area (Å²) in [5.74, 6) is 0.939. The number of carbonyl (C=O) groups is 1. The van der Waals surface area contributed by atoms with Crippen LogP contribution in [0.15, 0.2) is 47.4 Å². The molecule has 0 radical (unpaired) electrons. The Hall–Kier alpha value is -2.58. The van der Waals surface area contributed by atoms with Crippen LogP contribution in [0.25, 0.3) is 0 Å². The Labute approximate surface area is 178 Å². The maximum absolute atomic E-state index is 12.8. The highest BCUT2D eigenvalue weighted by atomic mass is 32.2. The predicted octanol–water partition coefficient (Wildman–Crippen LogP) is 3.04. The summed E-state index contributed by atoms with van der Waals surface area (Å²) >= 11 is 0. The number of rotatable bonds is 6. The van der Waals surface area contributed by atoms with Gasteiger partial charge in [-0.1, -0.05) is 17.7 Å². The average molecular weight is 433 g/mol. The maximum Gasteiger partial charge on any atom is 0.243 e. The lowest BCUT2D eigenvalue weighted by Crippen LogP contribution is -2.44. The monoisotopic (exact) mass is 432 g/mol. The summed E-state index contributed by atoms with van der Waals surface area (Å²) in [5, 5.41) is 2.97. The first-order chi connectivity index (χ1) is 14.0. The van der Waals surface area contributed by atoms with Crippen LogP contribution in [-0.2, 0) is 14.8 Å². The largest absolute Gasteiger partial charge is 0.497 e. The molecule has 162 valence electrons. The van der Waals surface area contributed by atoms with Crippen LogP contribution in [0.1, 0.15) is 37.4 Å². The molecule has 3 rings (SSSR count). The van der Waals surface area contributed by atoms with Crippen LogP contribution in [0.5, 0.6) is 11.5 Å². The highest BCUT2D eigenvalue weighted by Crippen LogP contribution is 2.41. The highest BCUT2D eigenvalue weighted by Gasteiger charge is 2.35. The minimum atomic E-state index is -3.75. The zero-order chi connectivity index (χ0) is 22.1. The molecule has 1 unspecified atom stereocenters. The van der Waals surface area contributed by atoms with Crippen LogP contribution >= 0.6 is 0 Å². The second-order valence-electron chi connectivity index (χ2n) is 8.16. The number of nitrogens with one attached hydrogen (secondary N) is 1. The summed E-state index contributed by atoms with van der Waals surface area (Å²) in [6, 6.07) is 11.7. The van der Waals surface area contributed by atoms with E-state index in [4.69, 9.17) is 9.47 Å². The Bertz CT molecular complexity index is 1030. The van der Waals surface area contributed by atoms with Gasteiger partial charge in [0, 0.05) is 25.1 Å². The number of amides is 1. The fourth-order valence-electron chi connectivity index (χ4n) is 3.50. The summed E-state index contributed by atoms with van der Waals surface area (Å²) in [4.78, 5) is 12.9. The molecular formula is C22H28N2O5S. The number of fused-ring (bicyclic) bond motifs is 1. The van der Waals surface area contributed by atoms with Gasteiger partial charge >= 0.3 is 0 Å². The molecule has 0 spiro atoms. The number of hydrogen-bond donors (Lipinski definition) is 1. The lowest BCUT2D eigenvalue weighted by atomic mass is 9.89. The number of ether oxygens (including phenoxy) is 2. The van der Waals surface area contributed by atoms with Crippen molar-refractivity contribution < 1.29 is 22.7 Å². The number of hydrogen-bond acceptors (Lipinski definition) is 5. The van der Waals surface area contributed by atoms with Crippen LogP contribution in [-0.4, -0.2) is 44.9 Å². The lowest BCUT2D eigenvalue weighted by molar-refractivity contribution is -0.122. The van der Waals surface area contributed by atoms with Gasteiger partial charge in [0.25, 0.3) is 0 Å². The van der Waals surface area contributed by atoms with Gasteiger partial charge in [-0.15, -0.1) is 0 Å². The summed E-state index contributed by atoms with van der Waals surface area (Å²) in [7, 11) is -0.766. The molecule has 0 saturated heterocycles. The predicted molar refractivity (Wildman–Crippen MR) is 114 cm³/mol. The third kappa shape index (κ3) is 4.76. The second kappa shape index (κ2) is 8.28. The molecule has 0 aromatic heterocycles. The Morgan fingerprint density at radius 2 is 1.90 bits per heavy atom. The number of benzene rings is 2. The van der Waals surface area contributed by atoms with Gasteiger partial charge in [0.2, 0.25) is 15.9 Å². The number of carbonyl (C=O) groups excluding carboxylic acids is 1. The van der Waals surface area contributed by atoms with Gasteiger partial charge < -0.3 is 14.8 Å². The van der Waals surface area contributed by atoms with Crippen molar-refractivity contribution in [3.8, 4) is 11.5 Å². The standard InChI is InChI=1S/C22H28N2O5S/c1-15-6-9-17(10-7-15)30(26,27)24(4)14-21(25)23-19-13-22(2,3)29-20-12-16(28-5)8-11-18(19)20/h6-12,19H,13-14H2,1-5H3,(H,23,25). The minimum absolute atomic E-state index is 0.160. The zero-order valence-corrected chi connectivity index (χ0v) is 18.7. The van der Waals surface area contributed by atoms with Crippen molar-refractivity contribution in [2.24, 2.45) is 0 Å². The normalized spacial score (nSPS) is 17.7. The van der Waals surface area contributed by atoms with E-state index in [0.29, 0.717) is 17.9 Å². The van der Waals surface area contributed by atoms with Gasteiger partial charge in [-0.05, 0) is 45.0 Å². The Morgan fingerprint density at radius 1 is 1.23 bits per heavy atom. The quantitative estimate of drug-likeness (QED) is 0.758. The molecule has 0 aliphatic carbocycles. The number of likely N-dealkylation sites (N-methyl/N-ethyl adjacent to an activating group) is 1. The first kappa shape index (κ1) is 22.1. The number of nitrogens with zero attached hydrogens (tertiary/aromatic N) is 1. The molecule has 1 atom stereocenters. The maximum atomic E-state index is 12.8. The molecular weight excluding hydrogens is 404 g/mol. The second-order valence-corrected chi connectivity index (χ2v) is 10.2. The van der Waals surface area contributed by atoms with Crippen LogP contribution in [0, 0.1) is 6.92 Å². The molecule has 1 amide bonds. The van der Waals surface area contributed by atoms with Crippen LogP contribution < -0.4 is 14.8 Å². The van der Waals surface area contributed by atoms with Crippen LogP contribution in [0.3, 0.4) is 0 Å². The average Bonchev–Trinajstić information content (AvgIpc) is 2.66. The van der Waals surface area contributed by atoms with E-state index >= 15 is 0 Å². The van der Waals surface area contributed by atoms with Gasteiger partial charge in [-0.2, -0.15) is 4.31 Å². The molecule has 0 fully saturated rings. The van der Waals surface area contributed by atoms with Crippen molar-refractivity contribution in [3.05, 3.63) is 53.6 Å². The topological polar surface area (TPSA) is 84.9 Å². The van der Waals surface area contributed by atoms with Gasteiger partial charge in [0.15, 0.2) is 0 Å². The molecule has 2 aromatic carbocycles. The van der Waals surface area contributed by atoms with Gasteiger partial charge in [-0.3, -0.25) is 4.79 Å². The molecule has 1 heterocycles. The molecule has 30 heavy (non-hydrogen) atoms. The fraction of sp³-hybridized carbons (Fsp3) is 0.409. The third-order valence-electron chi connectivity index (χ3n) is 5.11. The van der Waals surface area contributed by atoms with E-state index in [0.717, 1.165) is 15.4 Å². The first-order valence-electron chi connectivity index (χ1n) is 9.71. The van der Waals surface area contributed by atoms with E-state index in [1.54, 1.807) is 37.4 Å². The SMILES string of the molecule is COc1ccc2c(c1)OC(C)(C)CC2NC(=O)CN(C)S(=O)(=O)c1ccc(C)cc1. The van der Waals surface area contributed by atoms with Crippen LogP contribution in [0.4, 0.5) is 0 Å². The van der Waals surface area contributed by atoms with Gasteiger partial charge in [0.1, 0.15) is 17.1 Å². The Kier molecular flexibility index (Phi) is 6.10. The molecule has 7 nitrogen and oxygen atoms in total. The molecule has 8 heteroatoms. The number of aryl methyl sites for hydroxylation is 1. The zero-order valence-electron chi connectivity index (χ0n) is 17.9. The van der Waals surface area contributed by atoms with E-state index in [2.05, 4.69) is 5.32 Å². The Balaban J connectivity index is 1.75. The Morgan fingerprint density at radius 3 is 2.53 bits per heavy atom. The van der Waals surface area contributed by atoms with E-state index in [1.165, 1.54) is 7.05 Å². The van der Waals surface area contributed by atoms with Crippen molar-refractivity contribution in [2.75, 3.05) is 20.7 Å². The van der Waals surface area contributed by atoms with E-state index < -0.39 is 15.6 Å². The molecule has 0 bridgehead atoms. The van der Waals surface area contributed by atoms with Crippen molar-refractivity contribution >= 4 is 15.9 Å². The molecule has 1 aliphatic heterocycles. The molecule has 2 aromatic rings. The summed E-state index contributed by atoms with van der Waals surface area (Å²) < 4.78 is 37.9. The van der Waals surface area contributed by atoms with Gasteiger partial charge in [0.05, 0.1) is 24.6 Å². The number of sulfonamides is 1. The summed E-state index contributed by atoms with van der Waals surface area (Å²) in [5.41, 5.74) is 1.32. The first-order valence-corrected chi connectivity index (χ1v) is 11.2. The molecule has 0 saturated carbocycles. The fourth-order valence-corrected chi connectivity index (χ4v) is 4.63. The highest BCUT2D eigenvalue weighted by molar-refractivity contribution is 7.89. The lowest BCUT2D eigenvalue weighted by Gasteiger charge is -2.38. The smallest absolute Gasteiger partial charge is 0.243 e. The summed E-state index contributed by atoms with van der Waals surface area (Å²) in [6.45, 7) is 5.50. The van der Waals surface area contributed by atoms with Crippen LogP contribution in [0.2, 0.25) is 0 Å². The third-order valence-corrected chi connectivity index (χ3v) is 6.93.